The van der Waals surface area contributed by atoms with E-state index in [1.165, 1.54) is 0 Å². The van der Waals surface area contributed by atoms with E-state index in [1.807, 2.05) is 19.9 Å². The summed E-state index contributed by atoms with van der Waals surface area (Å²) in [5, 5.41) is 12.2. The Morgan fingerprint density at radius 3 is 2.61 bits per heavy atom. The lowest BCUT2D eigenvalue weighted by Gasteiger charge is -2.17. The van der Waals surface area contributed by atoms with E-state index in [-0.39, 0.29) is 0 Å². The lowest BCUT2D eigenvalue weighted by atomic mass is 10.1. The number of hydrogen-bond acceptors (Lipinski definition) is 4. The average Bonchev–Trinajstić information content (AvgIpc) is 2.38. The molecular formula is C13H18N2O3. The zero-order valence-electron chi connectivity index (χ0n) is 10.6. The largest absolute Gasteiger partial charge is 0.480 e. The third-order valence-corrected chi connectivity index (χ3v) is 2.61. The van der Waals surface area contributed by atoms with Gasteiger partial charge in [0.1, 0.15) is 5.75 Å². The molecule has 0 aliphatic heterocycles. The first-order valence-electron chi connectivity index (χ1n) is 5.90. The Hall–Kier alpha value is -2.04. The second kappa shape index (κ2) is 6.64. The zero-order chi connectivity index (χ0) is 13.5. The van der Waals surface area contributed by atoms with E-state index in [0.29, 0.717) is 29.9 Å². The van der Waals surface area contributed by atoms with Crippen molar-refractivity contribution in [3.05, 3.63) is 29.8 Å². The van der Waals surface area contributed by atoms with Crippen LogP contribution in [0.3, 0.4) is 0 Å². The van der Waals surface area contributed by atoms with E-state index >= 15 is 0 Å². The van der Waals surface area contributed by atoms with Gasteiger partial charge in [0, 0.05) is 5.56 Å². The molecule has 0 radical (unpaired) electrons. The molecule has 3 N–H and O–H groups in total. The third kappa shape index (κ3) is 3.23. The fourth-order valence-corrected chi connectivity index (χ4v) is 1.62. The topological polar surface area (TPSA) is 84.9 Å². The molecule has 0 heterocycles. The Kier molecular flexibility index (Phi) is 5.17. The van der Waals surface area contributed by atoms with Crippen LogP contribution >= 0.6 is 0 Å². The lowest BCUT2D eigenvalue weighted by Crippen LogP contribution is -2.33. The van der Waals surface area contributed by atoms with Crippen molar-refractivity contribution in [2.75, 3.05) is 0 Å². The fourth-order valence-electron chi connectivity index (χ4n) is 1.62. The Labute approximate surface area is 106 Å². The van der Waals surface area contributed by atoms with Crippen LogP contribution in [0.2, 0.25) is 0 Å². The van der Waals surface area contributed by atoms with E-state index < -0.39 is 12.0 Å². The summed E-state index contributed by atoms with van der Waals surface area (Å²) in [5.74, 6) is -0.0101. The van der Waals surface area contributed by atoms with Crippen molar-refractivity contribution in [1.29, 1.82) is 0 Å². The predicted octanol–water partition coefficient (Wildman–Crippen LogP) is 1.92. The minimum atomic E-state index is -0.678. The monoisotopic (exact) mass is 250 g/mol. The van der Waals surface area contributed by atoms with Crippen LogP contribution in [-0.2, 0) is 4.79 Å². The summed E-state index contributed by atoms with van der Waals surface area (Å²) in [6, 6.07) is 7.11. The predicted molar refractivity (Wildman–Crippen MR) is 69.0 cm³/mol. The Bertz CT molecular complexity index is 444. The third-order valence-electron chi connectivity index (χ3n) is 2.61. The van der Waals surface area contributed by atoms with Gasteiger partial charge < -0.3 is 15.7 Å². The number of carbonyl (C=O) groups excluding carboxylic acids is 1. The molecule has 0 spiro atoms. The van der Waals surface area contributed by atoms with Gasteiger partial charge in [-0.15, -0.1) is 0 Å². The molecule has 1 unspecified atom stereocenters. The molecule has 0 saturated heterocycles. The summed E-state index contributed by atoms with van der Waals surface area (Å²) in [7, 11) is 0. The van der Waals surface area contributed by atoms with Crippen LogP contribution in [0.1, 0.15) is 32.3 Å². The molecule has 1 rings (SSSR count). The van der Waals surface area contributed by atoms with Gasteiger partial charge in [-0.25, -0.2) is 0 Å². The lowest BCUT2D eigenvalue weighted by molar-refractivity contribution is -0.124. The number of hydrogen-bond donors (Lipinski definition) is 2. The number of oxime groups is 1. The Morgan fingerprint density at radius 2 is 2.11 bits per heavy atom. The van der Waals surface area contributed by atoms with E-state index in [9.17, 15) is 4.79 Å². The van der Waals surface area contributed by atoms with E-state index in [1.54, 1.807) is 18.2 Å². The first-order chi connectivity index (χ1) is 8.63. The van der Waals surface area contributed by atoms with Crippen LogP contribution in [0.5, 0.6) is 5.75 Å². The van der Waals surface area contributed by atoms with Crippen molar-refractivity contribution in [3.8, 4) is 5.75 Å². The van der Waals surface area contributed by atoms with Gasteiger partial charge in [0.15, 0.2) is 6.10 Å². The smallest absolute Gasteiger partial charge is 0.258 e. The summed E-state index contributed by atoms with van der Waals surface area (Å²) in [6.07, 6.45) is 0.369. The number of primary amides is 1. The molecule has 1 aromatic carbocycles. The van der Waals surface area contributed by atoms with Crippen molar-refractivity contribution < 1.29 is 14.7 Å². The van der Waals surface area contributed by atoms with Gasteiger partial charge in [-0.1, -0.05) is 31.1 Å². The van der Waals surface area contributed by atoms with Gasteiger partial charge in [-0.2, -0.15) is 0 Å². The summed E-state index contributed by atoms with van der Waals surface area (Å²) in [5.41, 5.74) is 6.42. The number of carbonyl (C=O) groups is 1. The number of benzene rings is 1. The van der Waals surface area contributed by atoms with Gasteiger partial charge in [0.25, 0.3) is 5.91 Å². The highest BCUT2D eigenvalue weighted by molar-refractivity contribution is 6.02. The summed E-state index contributed by atoms with van der Waals surface area (Å²) in [4.78, 5) is 11.2. The van der Waals surface area contributed by atoms with Gasteiger partial charge in [-0.05, 0) is 25.0 Å². The fraction of sp³-hybridized carbons (Fsp3) is 0.385. The number of para-hydroxylation sites is 1. The Balaban J connectivity index is 3.06. The molecule has 5 nitrogen and oxygen atoms in total. The van der Waals surface area contributed by atoms with Crippen LogP contribution in [0.4, 0.5) is 0 Å². The highest BCUT2D eigenvalue weighted by Crippen LogP contribution is 2.22. The second-order valence-electron chi connectivity index (χ2n) is 3.81. The maximum absolute atomic E-state index is 11.2. The van der Waals surface area contributed by atoms with Crippen LogP contribution in [0.25, 0.3) is 0 Å². The molecule has 1 amide bonds. The second-order valence-corrected chi connectivity index (χ2v) is 3.81. The molecule has 5 heteroatoms. The number of nitrogens with zero attached hydrogens (tertiary/aromatic N) is 1. The van der Waals surface area contributed by atoms with Crippen LogP contribution < -0.4 is 10.5 Å². The molecule has 0 aliphatic rings. The van der Waals surface area contributed by atoms with Crippen molar-refractivity contribution in [3.63, 3.8) is 0 Å². The number of amides is 1. The molecule has 18 heavy (non-hydrogen) atoms. The van der Waals surface area contributed by atoms with Gasteiger partial charge >= 0.3 is 0 Å². The van der Waals surface area contributed by atoms with Gasteiger partial charge in [0.05, 0.1) is 5.71 Å². The minimum absolute atomic E-state index is 0.487. The standard InChI is InChI=1S/C13H18N2O3/c1-3-10(15-17)9-7-5-6-8-12(9)18-11(4-2)13(14)16/h5-8,11,17H,3-4H2,1-2H3,(H2,14,16). The molecule has 0 fully saturated rings. The van der Waals surface area contributed by atoms with Crippen LogP contribution in [-0.4, -0.2) is 22.9 Å². The molecule has 1 atom stereocenters. The maximum Gasteiger partial charge on any atom is 0.258 e. The van der Waals surface area contributed by atoms with Crippen molar-refractivity contribution in [2.24, 2.45) is 10.9 Å². The summed E-state index contributed by atoms with van der Waals surface area (Å²) in [6.45, 7) is 3.69. The van der Waals surface area contributed by atoms with Gasteiger partial charge in [0.2, 0.25) is 0 Å². The molecule has 0 aromatic heterocycles. The van der Waals surface area contributed by atoms with Gasteiger partial charge in [-0.3, -0.25) is 4.79 Å². The molecule has 0 bridgehead atoms. The van der Waals surface area contributed by atoms with Crippen molar-refractivity contribution >= 4 is 11.6 Å². The molecular weight excluding hydrogens is 232 g/mol. The normalized spacial score (nSPS) is 13.1. The summed E-state index contributed by atoms with van der Waals surface area (Å²) < 4.78 is 5.57. The van der Waals surface area contributed by atoms with Crippen molar-refractivity contribution in [1.82, 2.24) is 0 Å². The molecule has 98 valence electrons. The van der Waals surface area contributed by atoms with Crippen molar-refractivity contribution in [2.45, 2.75) is 32.8 Å². The zero-order valence-corrected chi connectivity index (χ0v) is 10.6. The average molecular weight is 250 g/mol. The Morgan fingerprint density at radius 1 is 1.44 bits per heavy atom. The minimum Gasteiger partial charge on any atom is -0.480 e. The summed E-state index contributed by atoms with van der Waals surface area (Å²) >= 11 is 0. The quantitative estimate of drug-likeness (QED) is 0.459. The number of nitrogens with two attached hydrogens (primary N) is 1. The van der Waals surface area contributed by atoms with Crippen LogP contribution in [0.15, 0.2) is 29.4 Å². The highest BCUT2D eigenvalue weighted by Gasteiger charge is 2.17. The molecule has 0 aliphatic carbocycles. The highest BCUT2D eigenvalue weighted by atomic mass is 16.5. The van der Waals surface area contributed by atoms with E-state index in [2.05, 4.69) is 5.16 Å². The number of ether oxygens (including phenoxy) is 1. The maximum atomic E-state index is 11.2. The van der Waals surface area contributed by atoms with E-state index in [0.717, 1.165) is 0 Å². The molecule has 1 aromatic rings. The first-order valence-corrected chi connectivity index (χ1v) is 5.90. The van der Waals surface area contributed by atoms with E-state index in [4.69, 9.17) is 15.7 Å². The first kappa shape index (κ1) is 14.0. The van der Waals surface area contributed by atoms with Crippen LogP contribution in [0, 0.1) is 0 Å². The number of rotatable bonds is 6. The molecule has 0 saturated carbocycles. The SMILES string of the molecule is CCC(=NO)c1ccccc1OC(CC)C(N)=O.